The van der Waals surface area contributed by atoms with Crippen LogP contribution in [-0.4, -0.2) is 35.5 Å². The molecule has 0 radical (unpaired) electrons. The maximum absolute atomic E-state index is 13.7. The summed E-state index contributed by atoms with van der Waals surface area (Å²) in [5.41, 5.74) is 2.80. The molecule has 1 aliphatic heterocycles. The number of nitrogens with zero attached hydrogens (tertiary/aromatic N) is 2. The lowest BCUT2D eigenvalue weighted by atomic mass is 10.0. The van der Waals surface area contributed by atoms with Crippen molar-refractivity contribution in [2.75, 3.05) is 16.8 Å². The predicted molar refractivity (Wildman–Crippen MR) is 175 cm³/mol. The molecule has 0 saturated carbocycles. The molecule has 2 amide bonds. The number of rotatable bonds is 11. The van der Waals surface area contributed by atoms with E-state index in [-0.39, 0.29) is 18.5 Å². The minimum atomic E-state index is -0.897. The fourth-order valence-corrected chi connectivity index (χ4v) is 5.39. The molecule has 232 valence electrons. The lowest BCUT2D eigenvalue weighted by Gasteiger charge is -2.22. The molecule has 9 heteroatoms. The molecule has 0 saturated heterocycles. The Kier molecular flexibility index (Phi) is 8.65. The second-order valence-corrected chi connectivity index (χ2v) is 11.0. The molecular formula is C37H33N3O6. The number of carbonyl (C=O) groups is 3. The van der Waals surface area contributed by atoms with Crippen LogP contribution in [0.5, 0.6) is 11.5 Å². The number of anilines is 2. The van der Waals surface area contributed by atoms with Gasteiger partial charge in [-0.25, -0.2) is 14.7 Å². The molecule has 0 fully saturated rings. The van der Waals surface area contributed by atoms with Gasteiger partial charge in [0.2, 0.25) is 0 Å². The van der Waals surface area contributed by atoms with Crippen LogP contribution < -0.4 is 19.7 Å². The number of esters is 1. The average molecular weight is 616 g/mol. The van der Waals surface area contributed by atoms with Crippen molar-refractivity contribution in [2.45, 2.75) is 39.5 Å². The van der Waals surface area contributed by atoms with Gasteiger partial charge in [0, 0.05) is 17.3 Å². The van der Waals surface area contributed by atoms with E-state index in [0.29, 0.717) is 45.9 Å². The third kappa shape index (κ3) is 6.12. The fraction of sp³-hybridized carbons (Fsp3) is 0.189. The number of hydrogen-bond acceptors (Lipinski definition) is 8. The molecule has 1 aromatic heterocycles. The Morgan fingerprint density at radius 2 is 1.57 bits per heavy atom. The second-order valence-electron chi connectivity index (χ2n) is 11.0. The summed E-state index contributed by atoms with van der Waals surface area (Å²) in [7, 11) is 0. The molecule has 1 N–H and O–H groups in total. The van der Waals surface area contributed by atoms with Gasteiger partial charge in [-0.2, -0.15) is 0 Å². The number of aromatic nitrogens is 1. The van der Waals surface area contributed by atoms with E-state index in [1.807, 2.05) is 63.2 Å². The van der Waals surface area contributed by atoms with E-state index < -0.39 is 23.8 Å². The first-order chi connectivity index (χ1) is 22.3. The van der Waals surface area contributed by atoms with E-state index in [1.165, 1.54) is 0 Å². The molecule has 2 heterocycles. The quantitative estimate of drug-likeness (QED) is 0.124. The summed E-state index contributed by atoms with van der Waals surface area (Å²) in [6.07, 6.45) is 1.49. The number of imide groups is 1. The van der Waals surface area contributed by atoms with Gasteiger partial charge in [0.05, 0.1) is 23.8 Å². The zero-order valence-corrected chi connectivity index (χ0v) is 25.7. The number of pyridine rings is 1. The molecule has 0 bridgehead atoms. The third-order valence-corrected chi connectivity index (χ3v) is 7.48. The van der Waals surface area contributed by atoms with Gasteiger partial charge in [-0.05, 0) is 85.8 Å². The molecule has 1 unspecified atom stereocenters. The van der Waals surface area contributed by atoms with E-state index in [4.69, 9.17) is 14.2 Å². The molecule has 4 aromatic carbocycles. The molecule has 5 aromatic rings. The Balaban J connectivity index is 1.33. The molecular weight excluding hydrogens is 582 g/mol. The van der Waals surface area contributed by atoms with Gasteiger partial charge in [0.15, 0.2) is 23.4 Å². The van der Waals surface area contributed by atoms with Crippen LogP contribution in [-0.2, 0) is 16.1 Å². The number of hydrogen-bond donors (Lipinski definition) is 1. The highest BCUT2D eigenvalue weighted by Gasteiger charge is 2.38. The van der Waals surface area contributed by atoms with Gasteiger partial charge in [-0.15, -0.1) is 0 Å². The first-order valence-electron chi connectivity index (χ1n) is 15.1. The third-order valence-electron chi connectivity index (χ3n) is 7.48. The Labute approximate surface area is 266 Å². The molecule has 6 rings (SSSR count). The second kappa shape index (κ2) is 13.1. The Morgan fingerprint density at radius 3 is 2.26 bits per heavy atom. The van der Waals surface area contributed by atoms with Crippen molar-refractivity contribution >= 4 is 40.1 Å². The van der Waals surface area contributed by atoms with Crippen molar-refractivity contribution in [3.05, 3.63) is 126 Å². The number of ether oxygens (including phenoxy) is 3. The summed E-state index contributed by atoms with van der Waals surface area (Å²) in [4.78, 5) is 45.6. The molecule has 0 spiro atoms. The molecule has 1 aliphatic rings. The lowest BCUT2D eigenvalue weighted by molar-refractivity contribution is -0.146. The summed E-state index contributed by atoms with van der Waals surface area (Å²) >= 11 is 0. The van der Waals surface area contributed by atoms with Crippen LogP contribution in [0.25, 0.3) is 10.8 Å². The number of amides is 2. The zero-order valence-electron chi connectivity index (χ0n) is 25.7. The van der Waals surface area contributed by atoms with E-state index in [0.717, 1.165) is 15.8 Å². The van der Waals surface area contributed by atoms with Crippen molar-refractivity contribution in [2.24, 2.45) is 0 Å². The maximum Gasteiger partial charge on any atom is 0.333 e. The van der Waals surface area contributed by atoms with Gasteiger partial charge in [-0.1, -0.05) is 48.5 Å². The minimum Gasteiger partial charge on any atom is -0.490 e. The average Bonchev–Trinajstić information content (AvgIpc) is 3.32. The summed E-state index contributed by atoms with van der Waals surface area (Å²) in [6.45, 7) is 6.28. The Hall–Kier alpha value is -5.70. The standard InChI is InChI=1S/C37H33N3O6/c1-4-44-32-21-26(14-17-31(32)46-23(2)3)33(37(43)45-22-24-10-6-5-7-11-24)39-27-15-16-28-25(20-27)18-19-38-34(28)40-35(41)29-12-8-9-13-30(29)36(40)42/h5-21,23,33,39H,4,22H2,1-3H3. The van der Waals surface area contributed by atoms with Crippen molar-refractivity contribution < 1.29 is 28.6 Å². The number of benzene rings is 4. The van der Waals surface area contributed by atoms with E-state index in [2.05, 4.69) is 10.3 Å². The summed E-state index contributed by atoms with van der Waals surface area (Å²) in [6, 6.07) is 27.9. The zero-order chi connectivity index (χ0) is 32.2. The van der Waals surface area contributed by atoms with Crippen LogP contribution in [0.2, 0.25) is 0 Å². The van der Waals surface area contributed by atoms with Gasteiger partial charge in [0.1, 0.15) is 6.61 Å². The van der Waals surface area contributed by atoms with Crippen molar-refractivity contribution in [1.29, 1.82) is 0 Å². The largest absolute Gasteiger partial charge is 0.490 e. The summed E-state index contributed by atoms with van der Waals surface area (Å²) in [5.74, 6) is 0.0296. The van der Waals surface area contributed by atoms with E-state index >= 15 is 0 Å². The van der Waals surface area contributed by atoms with E-state index in [9.17, 15) is 14.4 Å². The first-order valence-corrected chi connectivity index (χ1v) is 15.1. The van der Waals surface area contributed by atoms with Gasteiger partial charge in [-0.3, -0.25) is 9.59 Å². The number of fused-ring (bicyclic) bond motifs is 2. The van der Waals surface area contributed by atoms with Crippen LogP contribution in [0.4, 0.5) is 11.5 Å². The molecule has 1 atom stereocenters. The highest BCUT2D eigenvalue weighted by atomic mass is 16.5. The van der Waals surface area contributed by atoms with Crippen LogP contribution in [0, 0.1) is 0 Å². The Morgan fingerprint density at radius 1 is 0.848 bits per heavy atom. The highest BCUT2D eigenvalue weighted by Crippen LogP contribution is 2.36. The smallest absolute Gasteiger partial charge is 0.333 e. The predicted octanol–water partition coefficient (Wildman–Crippen LogP) is 7.12. The van der Waals surface area contributed by atoms with Crippen LogP contribution in [0.3, 0.4) is 0 Å². The van der Waals surface area contributed by atoms with E-state index in [1.54, 1.807) is 60.8 Å². The van der Waals surface area contributed by atoms with Crippen LogP contribution in [0.15, 0.2) is 103 Å². The Bertz CT molecular complexity index is 1890. The maximum atomic E-state index is 13.7. The summed E-state index contributed by atoms with van der Waals surface area (Å²) in [5, 5.41) is 4.67. The van der Waals surface area contributed by atoms with Gasteiger partial charge in [0.25, 0.3) is 11.8 Å². The molecule has 9 nitrogen and oxygen atoms in total. The number of carbonyl (C=O) groups excluding carboxylic acids is 3. The van der Waals surface area contributed by atoms with Crippen molar-refractivity contribution in [3.63, 3.8) is 0 Å². The fourth-order valence-electron chi connectivity index (χ4n) is 5.39. The highest BCUT2D eigenvalue weighted by molar-refractivity contribution is 6.35. The first kappa shape index (κ1) is 30.3. The van der Waals surface area contributed by atoms with Crippen molar-refractivity contribution in [1.82, 2.24) is 4.98 Å². The molecule has 0 aliphatic carbocycles. The van der Waals surface area contributed by atoms with Gasteiger partial charge < -0.3 is 19.5 Å². The van der Waals surface area contributed by atoms with Crippen molar-refractivity contribution in [3.8, 4) is 11.5 Å². The molecule has 46 heavy (non-hydrogen) atoms. The minimum absolute atomic E-state index is 0.0629. The topological polar surface area (TPSA) is 107 Å². The lowest BCUT2D eigenvalue weighted by Crippen LogP contribution is -2.30. The normalized spacial score (nSPS) is 13.1. The monoisotopic (exact) mass is 615 g/mol. The van der Waals surface area contributed by atoms with Gasteiger partial charge >= 0.3 is 5.97 Å². The summed E-state index contributed by atoms with van der Waals surface area (Å²) < 4.78 is 17.6. The van der Waals surface area contributed by atoms with Crippen LogP contribution >= 0.6 is 0 Å². The number of nitrogens with one attached hydrogen (secondary N) is 1. The van der Waals surface area contributed by atoms with Crippen LogP contribution in [0.1, 0.15) is 58.7 Å². The SMILES string of the molecule is CCOc1cc(C(Nc2ccc3c(N4C(=O)c5ccccc5C4=O)nccc3c2)C(=O)OCc2ccccc2)ccc1OC(C)C.